The Hall–Kier alpha value is -1.93. The molecule has 0 aromatic heterocycles. The van der Waals surface area contributed by atoms with Crippen LogP contribution in [-0.4, -0.2) is 68.1 Å². The van der Waals surface area contributed by atoms with Crippen molar-refractivity contribution >= 4 is 35.1 Å². The summed E-state index contributed by atoms with van der Waals surface area (Å²) in [5.74, 6) is 0.521. The Balaban J connectivity index is 2.03. The summed E-state index contributed by atoms with van der Waals surface area (Å²) in [6.07, 6.45) is 2.49. The number of piperazine rings is 1. The Kier molecular flexibility index (Phi) is 7.59. The van der Waals surface area contributed by atoms with E-state index in [1.807, 2.05) is 25.3 Å². The Labute approximate surface area is 159 Å². The normalized spacial score (nSPS) is 16.2. The van der Waals surface area contributed by atoms with Crippen LogP contribution < -0.4 is 21.3 Å². The van der Waals surface area contributed by atoms with E-state index in [1.54, 1.807) is 11.8 Å². The van der Waals surface area contributed by atoms with Gasteiger partial charge in [0, 0.05) is 37.6 Å². The van der Waals surface area contributed by atoms with E-state index in [4.69, 9.17) is 5.73 Å². The minimum atomic E-state index is -0.687. The maximum atomic E-state index is 12.5. The second-order valence-electron chi connectivity index (χ2n) is 6.62. The van der Waals surface area contributed by atoms with E-state index in [-0.39, 0.29) is 5.91 Å². The summed E-state index contributed by atoms with van der Waals surface area (Å²) >= 11 is 1.62. The van der Waals surface area contributed by atoms with Gasteiger partial charge in [-0.2, -0.15) is 11.8 Å². The van der Waals surface area contributed by atoms with Gasteiger partial charge in [0.25, 0.3) is 0 Å². The van der Waals surface area contributed by atoms with Crippen molar-refractivity contribution in [2.75, 3.05) is 55.5 Å². The number of carbonyl (C=O) groups is 2. The molecule has 0 radical (unpaired) electrons. The highest BCUT2D eigenvalue weighted by Gasteiger charge is 2.20. The van der Waals surface area contributed by atoms with Crippen molar-refractivity contribution in [3.05, 3.63) is 23.8 Å². The number of nitrogens with zero attached hydrogens (tertiary/aromatic N) is 2. The van der Waals surface area contributed by atoms with Crippen LogP contribution in [0.15, 0.2) is 18.2 Å². The number of hydrogen-bond acceptors (Lipinski definition) is 5. The third kappa shape index (κ3) is 5.81. The summed E-state index contributed by atoms with van der Waals surface area (Å²) in [4.78, 5) is 28.4. The van der Waals surface area contributed by atoms with E-state index in [0.717, 1.165) is 43.2 Å². The molecule has 1 aliphatic rings. The summed E-state index contributed by atoms with van der Waals surface area (Å²) in [7, 11) is 2.13. The van der Waals surface area contributed by atoms with E-state index < -0.39 is 12.1 Å². The highest BCUT2D eigenvalue weighted by molar-refractivity contribution is 7.98. The van der Waals surface area contributed by atoms with Crippen LogP contribution in [-0.2, 0) is 4.79 Å². The monoisotopic (exact) mass is 379 g/mol. The molecule has 1 saturated heterocycles. The lowest BCUT2D eigenvalue weighted by Gasteiger charge is -2.34. The van der Waals surface area contributed by atoms with Crippen LogP contribution in [0.25, 0.3) is 0 Å². The molecule has 0 saturated carbocycles. The second kappa shape index (κ2) is 9.68. The molecule has 1 aromatic carbocycles. The van der Waals surface area contributed by atoms with Gasteiger partial charge < -0.3 is 26.2 Å². The van der Waals surface area contributed by atoms with E-state index in [1.165, 1.54) is 5.69 Å². The minimum absolute atomic E-state index is 0.242. The largest absolute Gasteiger partial charge is 0.369 e. The van der Waals surface area contributed by atoms with Crippen molar-refractivity contribution in [3.63, 3.8) is 0 Å². The number of benzene rings is 1. The van der Waals surface area contributed by atoms with Crippen LogP contribution in [0.5, 0.6) is 0 Å². The average molecular weight is 380 g/mol. The molecule has 144 valence electrons. The van der Waals surface area contributed by atoms with Crippen molar-refractivity contribution in [1.82, 2.24) is 10.2 Å². The fourth-order valence-electron chi connectivity index (χ4n) is 2.95. The first-order chi connectivity index (χ1) is 12.4. The number of primary amides is 1. The molecule has 26 heavy (non-hydrogen) atoms. The van der Waals surface area contributed by atoms with Crippen LogP contribution in [0.2, 0.25) is 0 Å². The third-order valence-corrected chi connectivity index (χ3v) is 5.22. The summed E-state index contributed by atoms with van der Waals surface area (Å²) in [6, 6.07) is 4.74. The first-order valence-electron chi connectivity index (χ1n) is 8.80. The average Bonchev–Trinajstić information content (AvgIpc) is 2.60. The zero-order valence-corrected chi connectivity index (χ0v) is 16.6. The van der Waals surface area contributed by atoms with E-state index in [2.05, 4.69) is 33.5 Å². The number of nitrogens with one attached hydrogen (secondary N) is 2. The van der Waals surface area contributed by atoms with Crippen molar-refractivity contribution in [2.45, 2.75) is 19.4 Å². The van der Waals surface area contributed by atoms with Crippen LogP contribution in [0.3, 0.4) is 0 Å². The van der Waals surface area contributed by atoms with Crippen molar-refractivity contribution in [3.8, 4) is 0 Å². The van der Waals surface area contributed by atoms with Crippen molar-refractivity contribution in [2.24, 2.45) is 5.73 Å². The zero-order chi connectivity index (χ0) is 19.1. The van der Waals surface area contributed by atoms with Gasteiger partial charge in [0.15, 0.2) is 0 Å². The molecule has 0 unspecified atom stereocenters. The molecular formula is C18H29N5O2S. The molecule has 0 spiro atoms. The maximum Gasteiger partial charge on any atom is 0.312 e. The van der Waals surface area contributed by atoms with Crippen molar-refractivity contribution in [1.29, 1.82) is 0 Å². The number of carbonyl (C=O) groups excluding carboxylic acids is 2. The fraction of sp³-hybridized carbons (Fsp3) is 0.556. The SMILES string of the molecule is CSCC[C@@H](NC(N)=O)C(=O)Nc1ccc(N2CCN(C)CC2)cc1C. The predicted molar refractivity (Wildman–Crippen MR) is 109 cm³/mol. The Morgan fingerprint density at radius 2 is 1.96 bits per heavy atom. The van der Waals surface area contributed by atoms with Crippen LogP contribution in [0.4, 0.5) is 16.2 Å². The quantitative estimate of drug-likeness (QED) is 0.667. The van der Waals surface area contributed by atoms with E-state index in [0.29, 0.717) is 6.42 Å². The summed E-state index contributed by atoms with van der Waals surface area (Å²) < 4.78 is 0. The molecule has 3 amide bonds. The lowest BCUT2D eigenvalue weighted by atomic mass is 10.1. The van der Waals surface area contributed by atoms with Gasteiger partial charge in [-0.15, -0.1) is 0 Å². The first-order valence-corrected chi connectivity index (χ1v) is 10.2. The number of aryl methyl sites for hydroxylation is 1. The van der Waals surface area contributed by atoms with Gasteiger partial charge in [-0.25, -0.2) is 4.79 Å². The molecular weight excluding hydrogens is 350 g/mol. The Morgan fingerprint density at radius 1 is 1.27 bits per heavy atom. The van der Waals surface area contributed by atoms with Gasteiger partial charge in [0.05, 0.1) is 0 Å². The highest BCUT2D eigenvalue weighted by Crippen LogP contribution is 2.24. The Bertz CT molecular complexity index is 632. The molecule has 1 atom stereocenters. The number of nitrogens with two attached hydrogens (primary N) is 1. The lowest BCUT2D eigenvalue weighted by molar-refractivity contribution is -0.117. The van der Waals surface area contributed by atoms with E-state index in [9.17, 15) is 9.59 Å². The van der Waals surface area contributed by atoms with Gasteiger partial charge in [-0.3, -0.25) is 4.79 Å². The molecule has 4 N–H and O–H groups in total. The van der Waals surface area contributed by atoms with Crippen LogP contribution in [0.1, 0.15) is 12.0 Å². The standard InChI is InChI=1S/C18H29N5O2S/c1-13-12-14(23-9-7-22(2)8-10-23)4-5-15(13)20-17(24)16(6-11-26-3)21-18(19)25/h4-5,12,16H,6-11H2,1-3H3,(H,20,24)(H3,19,21,25)/t16-/m1/s1. The molecule has 1 aliphatic heterocycles. The molecule has 1 heterocycles. The smallest absolute Gasteiger partial charge is 0.312 e. The number of hydrogen-bond donors (Lipinski definition) is 3. The third-order valence-electron chi connectivity index (χ3n) is 4.58. The number of anilines is 2. The lowest BCUT2D eigenvalue weighted by Crippen LogP contribution is -2.46. The summed E-state index contributed by atoms with van der Waals surface area (Å²) in [5.41, 5.74) is 8.12. The second-order valence-corrected chi connectivity index (χ2v) is 7.61. The molecule has 2 rings (SSSR count). The number of amides is 3. The highest BCUT2D eigenvalue weighted by atomic mass is 32.2. The number of likely N-dealkylation sites (N-methyl/N-ethyl adjacent to an activating group) is 1. The van der Waals surface area contributed by atoms with E-state index >= 15 is 0 Å². The van der Waals surface area contributed by atoms with Crippen LogP contribution in [0, 0.1) is 6.92 Å². The van der Waals surface area contributed by atoms with Crippen LogP contribution >= 0.6 is 11.8 Å². The number of rotatable bonds is 7. The van der Waals surface area contributed by atoms with Crippen molar-refractivity contribution < 1.29 is 9.59 Å². The Morgan fingerprint density at radius 3 is 2.54 bits per heavy atom. The molecule has 8 heteroatoms. The van der Waals surface area contributed by atoms with Gasteiger partial charge in [0.1, 0.15) is 6.04 Å². The summed E-state index contributed by atoms with van der Waals surface area (Å²) in [5, 5.41) is 5.44. The fourth-order valence-corrected chi connectivity index (χ4v) is 3.42. The summed E-state index contributed by atoms with van der Waals surface area (Å²) in [6.45, 7) is 6.08. The molecule has 1 fully saturated rings. The molecule has 1 aromatic rings. The van der Waals surface area contributed by atoms with Gasteiger partial charge in [-0.05, 0) is 56.2 Å². The molecule has 0 bridgehead atoms. The number of thioether (sulfide) groups is 1. The van der Waals surface area contributed by atoms with Gasteiger partial charge in [0.2, 0.25) is 5.91 Å². The van der Waals surface area contributed by atoms with Gasteiger partial charge >= 0.3 is 6.03 Å². The minimum Gasteiger partial charge on any atom is -0.369 e. The first kappa shape index (κ1) is 20.4. The molecule has 0 aliphatic carbocycles. The molecule has 7 nitrogen and oxygen atoms in total. The predicted octanol–water partition coefficient (Wildman–Crippen LogP) is 1.48. The maximum absolute atomic E-state index is 12.5. The number of urea groups is 1. The topological polar surface area (TPSA) is 90.7 Å². The zero-order valence-electron chi connectivity index (χ0n) is 15.7. The van der Waals surface area contributed by atoms with Gasteiger partial charge in [-0.1, -0.05) is 0 Å².